The minimum atomic E-state index is -0.744. The molecule has 2 aromatic rings. The van der Waals surface area contributed by atoms with Crippen LogP contribution in [0.2, 0.25) is 0 Å². The second-order valence-electron chi connectivity index (χ2n) is 4.12. The summed E-state index contributed by atoms with van der Waals surface area (Å²) in [6.45, 7) is 1.93. The fraction of sp³-hybridized carbons (Fsp3) is 0.125. The first-order valence-electron chi connectivity index (χ1n) is 6.35. The van der Waals surface area contributed by atoms with Crippen molar-refractivity contribution in [3.63, 3.8) is 0 Å². The number of benzene rings is 2. The first-order chi connectivity index (χ1) is 10.1. The Morgan fingerprint density at radius 3 is 2.33 bits per heavy atom. The van der Waals surface area contributed by atoms with E-state index in [0.29, 0.717) is 0 Å². The Balaban J connectivity index is 2.18. The summed E-state index contributed by atoms with van der Waals surface area (Å²) in [5.74, 6) is -2.07. The Bertz CT molecular complexity index is 667. The highest BCUT2D eigenvalue weighted by Gasteiger charge is 2.14. The summed E-state index contributed by atoms with van der Waals surface area (Å²) >= 11 is 0. The molecule has 0 aliphatic carbocycles. The van der Waals surface area contributed by atoms with Gasteiger partial charge in [-0.25, -0.2) is 14.0 Å². The first-order valence-corrected chi connectivity index (χ1v) is 6.35. The Hall–Kier alpha value is -2.69. The second-order valence-corrected chi connectivity index (χ2v) is 4.12. The van der Waals surface area contributed by atoms with Crippen molar-refractivity contribution < 1.29 is 23.5 Å². The zero-order valence-electron chi connectivity index (χ0n) is 11.3. The Kier molecular flexibility index (Phi) is 4.66. The van der Waals surface area contributed by atoms with Gasteiger partial charge in [-0.15, -0.1) is 0 Å². The van der Waals surface area contributed by atoms with Crippen molar-refractivity contribution in [1.29, 1.82) is 0 Å². The molecule has 5 heteroatoms. The van der Waals surface area contributed by atoms with E-state index in [0.717, 1.165) is 0 Å². The first kappa shape index (κ1) is 14.7. The predicted molar refractivity (Wildman–Crippen MR) is 73.8 cm³/mol. The van der Waals surface area contributed by atoms with Crippen molar-refractivity contribution in [3.8, 4) is 5.75 Å². The molecular weight excluding hydrogens is 275 g/mol. The van der Waals surface area contributed by atoms with E-state index in [1.807, 2.05) is 0 Å². The van der Waals surface area contributed by atoms with Gasteiger partial charge in [0.25, 0.3) is 0 Å². The van der Waals surface area contributed by atoms with E-state index in [-0.39, 0.29) is 23.5 Å². The fourth-order valence-corrected chi connectivity index (χ4v) is 1.67. The van der Waals surface area contributed by atoms with Gasteiger partial charge in [-0.1, -0.05) is 18.2 Å². The summed E-state index contributed by atoms with van der Waals surface area (Å²) < 4.78 is 23.2. The van der Waals surface area contributed by atoms with Gasteiger partial charge in [0.15, 0.2) is 11.6 Å². The molecule has 0 N–H and O–H groups in total. The third kappa shape index (κ3) is 3.66. The van der Waals surface area contributed by atoms with Gasteiger partial charge in [0, 0.05) is 0 Å². The van der Waals surface area contributed by atoms with Crippen LogP contribution in [0.25, 0.3) is 0 Å². The molecule has 0 atom stereocenters. The topological polar surface area (TPSA) is 52.6 Å². The molecule has 2 rings (SSSR count). The van der Waals surface area contributed by atoms with E-state index in [2.05, 4.69) is 0 Å². The molecule has 2 aromatic carbocycles. The molecule has 0 saturated carbocycles. The molecule has 4 nitrogen and oxygen atoms in total. The minimum absolute atomic E-state index is 0.142. The zero-order chi connectivity index (χ0) is 15.2. The Morgan fingerprint density at radius 1 is 1.00 bits per heavy atom. The van der Waals surface area contributed by atoms with Crippen molar-refractivity contribution in [2.24, 2.45) is 0 Å². The predicted octanol–water partition coefficient (Wildman–Crippen LogP) is 3.22. The van der Waals surface area contributed by atoms with Crippen LogP contribution in [0.1, 0.15) is 27.6 Å². The largest absolute Gasteiger partial charge is 0.462 e. The summed E-state index contributed by atoms with van der Waals surface area (Å²) in [4.78, 5) is 23.6. The summed E-state index contributed by atoms with van der Waals surface area (Å²) in [6.07, 6.45) is 0. The van der Waals surface area contributed by atoms with Crippen LogP contribution >= 0.6 is 0 Å². The molecule has 0 amide bonds. The minimum Gasteiger partial charge on any atom is -0.462 e. The third-order valence-electron chi connectivity index (χ3n) is 2.65. The third-order valence-corrected chi connectivity index (χ3v) is 2.65. The molecule has 0 aliphatic rings. The molecule has 108 valence electrons. The lowest BCUT2D eigenvalue weighted by Gasteiger charge is -2.06. The van der Waals surface area contributed by atoms with Crippen molar-refractivity contribution in [2.75, 3.05) is 6.61 Å². The maximum absolute atomic E-state index is 13.4. The molecule has 0 radical (unpaired) electrons. The number of hydrogen-bond acceptors (Lipinski definition) is 4. The molecule has 0 aliphatic heterocycles. The average Bonchev–Trinajstić information content (AvgIpc) is 2.50. The van der Waals surface area contributed by atoms with Gasteiger partial charge in [-0.2, -0.15) is 0 Å². The SMILES string of the molecule is CCOC(=O)c1cccc(C(=O)Oc2ccccc2F)c1. The lowest BCUT2D eigenvalue weighted by molar-refractivity contribution is 0.0526. The number of ether oxygens (including phenoxy) is 2. The van der Waals surface area contributed by atoms with Crippen molar-refractivity contribution >= 4 is 11.9 Å². The van der Waals surface area contributed by atoms with Crippen LogP contribution in [0.15, 0.2) is 48.5 Å². The molecule has 0 bridgehead atoms. The smallest absolute Gasteiger partial charge is 0.343 e. The molecular formula is C16H13FO4. The van der Waals surface area contributed by atoms with Gasteiger partial charge < -0.3 is 9.47 Å². The lowest BCUT2D eigenvalue weighted by atomic mass is 10.1. The number of hydrogen-bond donors (Lipinski definition) is 0. The van der Waals surface area contributed by atoms with E-state index in [9.17, 15) is 14.0 Å². The van der Waals surface area contributed by atoms with Crippen LogP contribution in [0.3, 0.4) is 0 Å². The van der Waals surface area contributed by atoms with Gasteiger partial charge >= 0.3 is 11.9 Å². The normalized spacial score (nSPS) is 10.0. The van der Waals surface area contributed by atoms with E-state index in [1.54, 1.807) is 13.0 Å². The molecule has 0 fully saturated rings. The molecule has 0 heterocycles. The monoisotopic (exact) mass is 288 g/mol. The van der Waals surface area contributed by atoms with Gasteiger partial charge in [-0.05, 0) is 37.3 Å². The summed E-state index contributed by atoms with van der Waals surface area (Å²) in [5, 5.41) is 0. The van der Waals surface area contributed by atoms with Crippen LogP contribution in [0.4, 0.5) is 4.39 Å². The van der Waals surface area contributed by atoms with E-state index >= 15 is 0 Å². The second kappa shape index (κ2) is 6.65. The maximum atomic E-state index is 13.4. The van der Waals surface area contributed by atoms with Crippen molar-refractivity contribution in [2.45, 2.75) is 6.92 Å². The molecule has 0 spiro atoms. The van der Waals surface area contributed by atoms with Crippen molar-refractivity contribution in [1.82, 2.24) is 0 Å². The average molecular weight is 288 g/mol. The van der Waals surface area contributed by atoms with Crippen LogP contribution in [-0.2, 0) is 4.74 Å². The number of rotatable bonds is 4. The summed E-state index contributed by atoms with van der Waals surface area (Å²) in [7, 11) is 0. The fourth-order valence-electron chi connectivity index (χ4n) is 1.67. The van der Waals surface area contributed by atoms with Crippen LogP contribution in [0, 0.1) is 5.82 Å². The van der Waals surface area contributed by atoms with E-state index in [4.69, 9.17) is 9.47 Å². The molecule has 0 unspecified atom stereocenters. The highest BCUT2D eigenvalue weighted by atomic mass is 19.1. The Morgan fingerprint density at radius 2 is 1.67 bits per heavy atom. The van der Waals surface area contributed by atoms with Crippen molar-refractivity contribution in [3.05, 3.63) is 65.5 Å². The van der Waals surface area contributed by atoms with Gasteiger partial charge in [0.05, 0.1) is 17.7 Å². The molecule has 0 saturated heterocycles. The number of para-hydroxylation sites is 1. The summed E-state index contributed by atoms with van der Waals surface area (Å²) in [6, 6.07) is 11.5. The van der Waals surface area contributed by atoms with Gasteiger partial charge in [-0.3, -0.25) is 0 Å². The van der Waals surface area contributed by atoms with E-state index in [1.165, 1.54) is 42.5 Å². The van der Waals surface area contributed by atoms with E-state index < -0.39 is 17.8 Å². The molecule has 21 heavy (non-hydrogen) atoms. The summed E-state index contributed by atoms with van der Waals surface area (Å²) in [5.41, 5.74) is 0.378. The van der Waals surface area contributed by atoms with Gasteiger partial charge in [0.1, 0.15) is 0 Å². The number of halogens is 1. The number of esters is 2. The quantitative estimate of drug-likeness (QED) is 0.640. The number of carbonyl (C=O) groups excluding carboxylic acids is 2. The Labute approximate surface area is 121 Å². The highest BCUT2D eigenvalue weighted by molar-refractivity contribution is 5.96. The standard InChI is InChI=1S/C16H13FO4/c1-2-20-15(18)11-6-5-7-12(10-11)16(19)21-14-9-4-3-8-13(14)17/h3-10H,2H2,1H3. The van der Waals surface area contributed by atoms with Crippen LogP contribution < -0.4 is 4.74 Å². The number of carbonyl (C=O) groups is 2. The highest BCUT2D eigenvalue weighted by Crippen LogP contribution is 2.17. The molecule has 0 aromatic heterocycles. The maximum Gasteiger partial charge on any atom is 0.343 e. The van der Waals surface area contributed by atoms with Gasteiger partial charge in [0.2, 0.25) is 0 Å². The lowest BCUT2D eigenvalue weighted by Crippen LogP contribution is -2.11. The van der Waals surface area contributed by atoms with Crippen LogP contribution in [-0.4, -0.2) is 18.5 Å². The van der Waals surface area contributed by atoms with Crippen LogP contribution in [0.5, 0.6) is 5.75 Å². The zero-order valence-corrected chi connectivity index (χ0v) is 11.3.